The van der Waals surface area contributed by atoms with Crippen molar-refractivity contribution in [3.8, 4) is 0 Å². The summed E-state index contributed by atoms with van der Waals surface area (Å²) >= 11 is 0. The average Bonchev–Trinajstić information content (AvgIpc) is 1.91. The summed E-state index contributed by atoms with van der Waals surface area (Å²) in [6.07, 6.45) is 2.62. The summed E-state index contributed by atoms with van der Waals surface area (Å²) in [5.74, 6) is 0. The zero-order valence-corrected chi connectivity index (χ0v) is 5.29. The second-order valence-corrected chi connectivity index (χ2v) is 0.917. The normalized spacial score (nSPS) is 5.80. The molecule has 0 aromatic heterocycles. The van der Waals surface area contributed by atoms with E-state index in [0.29, 0.717) is 0 Å². The van der Waals surface area contributed by atoms with Gasteiger partial charge in [-0.3, -0.25) is 0 Å². The van der Waals surface area contributed by atoms with E-state index in [0.717, 1.165) is 0 Å². The molecule has 0 saturated heterocycles. The van der Waals surface area contributed by atoms with Crippen LogP contribution in [-0.2, 0) is 4.74 Å². The Morgan fingerprint density at radius 2 is 1.40 bits per heavy atom. The van der Waals surface area contributed by atoms with Gasteiger partial charge in [-0.1, -0.05) is 13.2 Å². The predicted molar refractivity (Wildman–Crippen MR) is 42.8 cm³/mol. The van der Waals surface area contributed by atoms with Crippen LogP contribution in [0.25, 0.3) is 0 Å². The van der Waals surface area contributed by atoms with Crippen molar-refractivity contribution in [1.29, 1.82) is 0 Å². The fourth-order valence-electron chi connectivity index (χ4n) is 0.0680. The van der Waals surface area contributed by atoms with Crippen LogP contribution in [0, 0.1) is 0 Å². The summed E-state index contributed by atoms with van der Waals surface area (Å²) in [6.45, 7) is 6.26. The van der Waals surface area contributed by atoms with Crippen LogP contribution in [0.4, 0.5) is 0 Å². The van der Waals surface area contributed by atoms with E-state index in [1.165, 1.54) is 12.5 Å². The van der Waals surface area contributed by atoms with Crippen molar-refractivity contribution in [3.63, 3.8) is 0 Å². The molecule has 2 N–H and O–H groups in total. The van der Waals surface area contributed by atoms with E-state index < -0.39 is 0 Å². The van der Waals surface area contributed by atoms with Crippen LogP contribution in [0.2, 0.25) is 0 Å². The number of ether oxygens (including phenoxy) is 1. The Balaban J connectivity index is -0.0000000910. The summed E-state index contributed by atoms with van der Waals surface area (Å²) in [5.41, 5.74) is 0. The fraction of sp³-hybridized carbons (Fsp3) is 0.333. The Morgan fingerprint density at radius 3 is 1.40 bits per heavy atom. The molecule has 0 bridgehead atoms. The molecule has 56 valence electrons. The van der Waals surface area contributed by atoms with Gasteiger partial charge in [0, 0.05) is 0 Å². The predicted octanol–water partition coefficient (Wildman–Crippen LogP) is -0.388. The van der Waals surface area contributed by atoms with Gasteiger partial charge in [0.15, 0.2) is 0 Å². The van der Waals surface area contributed by atoms with Gasteiger partial charge in [0.2, 0.25) is 0 Å². The number of hydrogen-bond acceptors (Lipinski definition) is 3. The maximum atomic E-state index is 7.62. The first-order chi connectivity index (χ1) is 4.33. The first kappa shape index (κ1) is 16.7. The summed E-state index contributed by atoms with van der Waals surface area (Å²) in [5, 5.41) is 15.2. The van der Waals surface area contributed by atoms with Gasteiger partial charge in [0.1, 0.15) is 0 Å². The average molecular weight is 156 g/mol. The van der Waals surface area contributed by atoms with Gasteiger partial charge < -0.3 is 14.9 Å². The van der Waals surface area contributed by atoms with Crippen LogP contribution in [-0.4, -0.2) is 53.0 Å². The third-order valence-corrected chi connectivity index (χ3v) is 0.292. The minimum absolute atomic E-state index is 0. The zero-order chi connectivity index (χ0) is 7.54. The molecule has 0 aliphatic carbocycles. The van der Waals surface area contributed by atoms with Crippen molar-refractivity contribution in [2.75, 3.05) is 13.2 Å². The van der Waals surface area contributed by atoms with E-state index in [9.17, 15) is 0 Å². The van der Waals surface area contributed by atoms with Crippen molar-refractivity contribution >= 4 is 29.6 Å². The Hall–Kier alpha value is 0.200. The second kappa shape index (κ2) is 22.9. The molecule has 0 amide bonds. The van der Waals surface area contributed by atoms with Gasteiger partial charge in [-0.15, -0.1) is 0 Å². The minimum atomic E-state index is -0.125. The number of rotatable bonds is 3. The van der Waals surface area contributed by atoms with Gasteiger partial charge >= 0.3 is 29.6 Å². The molecule has 0 heterocycles. The Labute approximate surface area is 83.3 Å². The SMILES string of the molecule is C=COC=C.OCCO.[NaH]. The van der Waals surface area contributed by atoms with Crippen LogP contribution in [0.3, 0.4) is 0 Å². The third-order valence-electron chi connectivity index (χ3n) is 0.292. The van der Waals surface area contributed by atoms with Crippen LogP contribution < -0.4 is 0 Å². The quantitative estimate of drug-likeness (QED) is 0.432. The Bertz CT molecular complexity index is 58.0. The molecule has 4 heteroatoms. The topological polar surface area (TPSA) is 49.7 Å². The molecule has 0 aliphatic heterocycles. The van der Waals surface area contributed by atoms with E-state index >= 15 is 0 Å². The van der Waals surface area contributed by atoms with E-state index in [4.69, 9.17) is 10.2 Å². The Morgan fingerprint density at radius 1 is 1.10 bits per heavy atom. The Kier molecular flexibility index (Phi) is 38.1. The number of hydrogen-bond donors (Lipinski definition) is 2. The summed E-state index contributed by atoms with van der Waals surface area (Å²) < 4.78 is 4.36. The van der Waals surface area contributed by atoms with Gasteiger partial charge in [-0.2, -0.15) is 0 Å². The first-order valence-corrected chi connectivity index (χ1v) is 2.42. The molecule has 0 fully saturated rings. The molecule has 0 aliphatic rings. The molecule has 0 aromatic rings. The monoisotopic (exact) mass is 156 g/mol. The van der Waals surface area contributed by atoms with Crippen molar-refractivity contribution in [3.05, 3.63) is 25.7 Å². The van der Waals surface area contributed by atoms with Crippen LogP contribution >= 0.6 is 0 Å². The summed E-state index contributed by atoms with van der Waals surface area (Å²) in [4.78, 5) is 0. The molecule has 0 saturated carbocycles. The summed E-state index contributed by atoms with van der Waals surface area (Å²) in [6, 6.07) is 0. The van der Waals surface area contributed by atoms with Crippen molar-refractivity contribution in [2.45, 2.75) is 0 Å². The standard InChI is InChI=1S/C4H6O.C2H6O2.Na.H/c1-3-5-4-2;3-1-2-4;;/h3-4H,1-2H2;3-4H,1-2H2;;. The van der Waals surface area contributed by atoms with Crippen LogP contribution in [0.1, 0.15) is 0 Å². The van der Waals surface area contributed by atoms with Crippen molar-refractivity contribution in [1.82, 2.24) is 0 Å². The molecule has 0 radical (unpaired) electrons. The van der Waals surface area contributed by atoms with Gasteiger partial charge in [0.25, 0.3) is 0 Å². The first-order valence-electron chi connectivity index (χ1n) is 2.42. The zero-order valence-electron chi connectivity index (χ0n) is 5.29. The maximum absolute atomic E-state index is 7.62. The van der Waals surface area contributed by atoms with E-state index in [-0.39, 0.29) is 42.8 Å². The molecule has 0 atom stereocenters. The van der Waals surface area contributed by atoms with Gasteiger partial charge in [-0.25, -0.2) is 0 Å². The second-order valence-electron chi connectivity index (χ2n) is 0.917. The van der Waals surface area contributed by atoms with Crippen molar-refractivity contribution < 1.29 is 14.9 Å². The van der Waals surface area contributed by atoms with Crippen LogP contribution in [0.15, 0.2) is 25.7 Å². The van der Waals surface area contributed by atoms with Crippen LogP contribution in [0.5, 0.6) is 0 Å². The van der Waals surface area contributed by atoms with Crippen molar-refractivity contribution in [2.24, 2.45) is 0 Å². The molecule has 0 rings (SSSR count). The number of aliphatic hydroxyl groups excluding tert-OH is 2. The van der Waals surface area contributed by atoms with E-state index in [1.807, 2.05) is 0 Å². The summed E-state index contributed by atoms with van der Waals surface area (Å²) in [7, 11) is 0. The number of aliphatic hydroxyl groups is 2. The molecule has 0 unspecified atom stereocenters. The van der Waals surface area contributed by atoms with Gasteiger partial charge in [-0.05, 0) is 0 Å². The van der Waals surface area contributed by atoms with Gasteiger partial charge in [0.05, 0.1) is 25.7 Å². The molecule has 3 nitrogen and oxygen atoms in total. The molecular weight excluding hydrogens is 143 g/mol. The molecule has 0 spiro atoms. The molecular formula is C6H13NaO3. The third kappa shape index (κ3) is 41.5. The van der Waals surface area contributed by atoms with E-state index in [1.54, 1.807) is 0 Å². The molecule has 10 heavy (non-hydrogen) atoms. The fourth-order valence-corrected chi connectivity index (χ4v) is 0.0680. The van der Waals surface area contributed by atoms with E-state index in [2.05, 4.69) is 17.9 Å². The molecule has 0 aromatic carbocycles.